The van der Waals surface area contributed by atoms with Gasteiger partial charge in [-0.25, -0.2) is 0 Å². The van der Waals surface area contributed by atoms with E-state index in [1.807, 2.05) is 18.2 Å². The van der Waals surface area contributed by atoms with Crippen LogP contribution in [0, 0.1) is 5.92 Å². The fourth-order valence-electron chi connectivity index (χ4n) is 3.44. The van der Waals surface area contributed by atoms with Gasteiger partial charge in [0.05, 0.1) is 0 Å². The highest BCUT2D eigenvalue weighted by Gasteiger charge is 2.19. The first kappa shape index (κ1) is 17.7. The molecule has 2 aromatic rings. The molecule has 132 valence electrons. The van der Waals surface area contributed by atoms with Crippen LogP contribution in [-0.2, 0) is 17.8 Å². The van der Waals surface area contributed by atoms with Crippen LogP contribution in [0.15, 0.2) is 60.7 Å². The largest absolute Gasteiger partial charge is 0.356 e. The predicted octanol–water partition coefficient (Wildman–Crippen LogP) is 3.65. The van der Waals surface area contributed by atoms with Crippen molar-refractivity contribution >= 4 is 5.91 Å². The monoisotopic (exact) mass is 336 g/mol. The topological polar surface area (TPSA) is 32.3 Å². The van der Waals surface area contributed by atoms with Gasteiger partial charge in [0.1, 0.15) is 0 Å². The van der Waals surface area contributed by atoms with E-state index in [1.54, 1.807) is 0 Å². The second-order valence-electron chi connectivity index (χ2n) is 6.99. The molecule has 0 atom stereocenters. The number of rotatable bonds is 7. The molecule has 0 saturated carbocycles. The molecule has 0 unspecified atom stereocenters. The summed E-state index contributed by atoms with van der Waals surface area (Å²) in [6.07, 6.45) is 3.75. The van der Waals surface area contributed by atoms with E-state index in [4.69, 9.17) is 0 Å². The average molecular weight is 336 g/mol. The van der Waals surface area contributed by atoms with E-state index in [9.17, 15) is 4.79 Å². The van der Waals surface area contributed by atoms with E-state index in [0.717, 1.165) is 32.6 Å². The standard InChI is InChI=1S/C22H28N2O/c25-22(12-11-19-7-3-1-4-8-19)23-17-20-13-15-24(16-14-20)18-21-9-5-2-6-10-21/h1-10,20H,11-18H2,(H,23,25). The molecule has 1 saturated heterocycles. The van der Waals surface area contributed by atoms with Crippen LogP contribution >= 0.6 is 0 Å². The quantitative estimate of drug-likeness (QED) is 0.837. The lowest BCUT2D eigenvalue weighted by Crippen LogP contribution is -2.38. The van der Waals surface area contributed by atoms with Crippen molar-refractivity contribution in [2.45, 2.75) is 32.2 Å². The molecule has 1 amide bonds. The molecular formula is C22H28N2O. The Morgan fingerprint density at radius 3 is 2.16 bits per heavy atom. The Morgan fingerprint density at radius 1 is 0.920 bits per heavy atom. The van der Waals surface area contributed by atoms with Crippen molar-refractivity contribution in [1.29, 1.82) is 0 Å². The van der Waals surface area contributed by atoms with Gasteiger partial charge in [-0.2, -0.15) is 0 Å². The number of aryl methyl sites for hydroxylation is 1. The third-order valence-electron chi connectivity index (χ3n) is 5.03. The summed E-state index contributed by atoms with van der Waals surface area (Å²) in [5.74, 6) is 0.795. The number of piperidine rings is 1. The molecule has 0 aliphatic carbocycles. The lowest BCUT2D eigenvalue weighted by Gasteiger charge is -2.32. The Morgan fingerprint density at radius 2 is 1.52 bits per heavy atom. The molecule has 1 heterocycles. The van der Waals surface area contributed by atoms with Gasteiger partial charge in [-0.05, 0) is 49.4 Å². The molecule has 2 aromatic carbocycles. The van der Waals surface area contributed by atoms with E-state index < -0.39 is 0 Å². The highest BCUT2D eigenvalue weighted by atomic mass is 16.1. The van der Waals surface area contributed by atoms with Gasteiger partial charge in [-0.3, -0.25) is 9.69 Å². The molecule has 3 rings (SSSR count). The van der Waals surface area contributed by atoms with Gasteiger partial charge >= 0.3 is 0 Å². The maximum Gasteiger partial charge on any atom is 0.220 e. The third-order valence-corrected chi connectivity index (χ3v) is 5.03. The fourth-order valence-corrected chi connectivity index (χ4v) is 3.44. The molecule has 1 aliphatic rings. The minimum Gasteiger partial charge on any atom is -0.356 e. The number of nitrogens with zero attached hydrogens (tertiary/aromatic N) is 1. The number of hydrogen-bond donors (Lipinski definition) is 1. The summed E-state index contributed by atoms with van der Waals surface area (Å²) in [5.41, 5.74) is 2.61. The highest BCUT2D eigenvalue weighted by molar-refractivity contribution is 5.76. The first-order valence-electron chi connectivity index (χ1n) is 9.36. The van der Waals surface area contributed by atoms with Gasteiger partial charge in [-0.1, -0.05) is 60.7 Å². The van der Waals surface area contributed by atoms with Gasteiger partial charge in [-0.15, -0.1) is 0 Å². The van der Waals surface area contributed by atoms with Crippen molar-refractivity contribution < 1.29 is 4.79 Å². The van der Waals surface area contributed by atoms with E-state index in [0.29, 0.717) is 12.3 Å². The van der Waals surface area contributed by atoms with Gasteiger partial charge in [0.15, 0.2) is 0 Å². The van der Waals surface area contributed by atoms with Gasteiger partial charge < -0.3 is 5.32 Å². The number of amides is 1. The molecule has 25 heavy (non-hydrogen) atoms. The van der Waals surface area contributed by atoms with Crippen LogP contribution in [0.4, 0.5) is 0 Å². The van der Waals surface area contributed by atoms with Crippen molar-refractivity contribution in [3.63, 3.8) is 0 Å². The molecule has 1 N–H and O–H groups in total. The lowest BCUT2D eigenvalue weighted by molar-refractivity contribution is -0.121. The SMILES string of the molecule is O=C(CCc1ccccc1)NCC1CCN(Cc2ccccc2)CC1. The van der Waals surface area contributed by atoms with Crippen LogP contribution in [0.3, 0.4) is 0 Å². The van der Waals surface area contributed by atoms with Crippen LogP contribution in [0.5, 0.6) is 0 Å². The summed E-state index contributed by atoms with van der Waals surface area (Å²) in [5, 5.41) is 3.13. The van der Waals surface area contributed by atoms with Crippen LogP contribution in [0.25, 0.3) is 0 Å². The molecule has 1 aliphatic heterocycles. The van der Waals surface area contributed by atoms with Crippen molar-refractivity contribution in [2.24, 2.45) is 5.92 Å². The number of hydrogen-bond acceptors (Lipinski definition) is 2. The maximum absolute atomic E-state index is 12.0. The number of nitrogens with one attached hydrogen (secondary N) is 1. The molecule has 0 aromatic heterocycles. The van der Waals surface area contributed by atoms with E-state index in [1.165, 1.54) is 24.0 Å². The Labute approximate surface area is 151 Å². The smallest absolute Gasteiger partial charge is 0.220 e. The average Bonchev–Trinajstić information content (AvgIpc) is 2.67. The summed E-state index contributed by atoms with van der Waals surface area (Å²) in [4.78, 5) is 14.6. The van der Waals surface area contributed by atoms with Crippen LogP contribution in [-0.4, -0.2) is 30.4 Å². The fraction of sp³-hybridized carbons (Fsp3) is 0.409. The maximum atomic E-state index is 12.0. The van der Waals surface area contributed by atoms with Crippen LogP contribution < -0.4 is 5.32 Å². The zero-order valence-electron chi connectivity index (χ0n) is 14.9. The normalized spacial score (nSPS) is 15.8. The minimum absolute atomic E-state index is 0.176. The zero-order valence-corrected chi connectivity index (χ0v) is 14.9. The first-order valence-corrected chi connectivity index (χ1v) is 9.36. The van der Waals surface area contributed by atoms with Gasteiger partial charge in [0.25, 0.3) is 0 Å². The van der Waals surface area contributed by atoms with E-state index in [-0.39, 0.29) is 5.91 Å². The Kier molecular flexibility index (Phi) is 6.63. The van der Waals surface area contributed by atoms with Crippen molar-refractivity contribution in [2.75, 3.05) is 19.6 Å². The second kappa shape index (κ2) is 9.38. The summed E-state index contributed by atoms with van der Waals surface area (Å²) < 4.78 is 0. The van der Waals surface area contributed by atoms with Gasteiger partial charge in [0.2, 0.25) is 5.91 Å². The van der Waals surface area contributed by atoms with Crippen LogP contribution in [0.1, 0.15) is 30.4 Å². The summed E-state index contributed by atoms with van der Waals surface area (Å²) in [7, 11) is 0. The van der Waals surface area contributed by atoms with Crippen molar-refractivity contribution in [1.82, 2.24) is 10.2 Å². The Hall–Kier alpha value is -2.13. The Bertz CT molecular complexity index is 634. The van der Waals surface area contributed by atoms with Crippen molar-refractivity contribution in [3.8, 4) is 0 Å². The summed E-state index contributed by atoms with van der Waals surface area (Å²) >= 11 is 0. The molecule has 0 bridgehead atoms. The summed E-state index contributed by atoms with van der Waals surface area (Å²) in [6.45, 7) is 4.11. The summed E-state index contributed by atoms with van der Waals surface area (Å²) in [6, 6.07) is 20.9. The highest BCUT2D eigenvalue weighted by Crippen LogP contribution is 2.18. The molecule has 0 radical (unpaired) electrons. The third kappa shape index (κ3) is 6.02. The molecule has 0 spiro atoms. The van der Waals surface area contributed by atoms with E-state index in [2.05, 4.69) is 52.7 Å². The Balaban J connectivity index is 1.31. The predicted molar refractivity (Wildman–Crippen MR) is 102 cm³/mol. The minimum atomic E-state index is 0.176. The van der Waals surface area contributed by atoms with Crippen molar-refractivity contribution in [3.05, 3.63) is 71.8 Å². The number of carbonyl (C=O) groups is 1. The second-order valence-corrected chi connectivity index (χ2v) is 6.99. The molecule has 3 heteroatoms. The van der Waals surface area contributed by atoms with Gasteiger partial charge in [0, 0.05) is 19.5 Å². The lowest BCUT2D eigenvalue weighted by atomic mass is 9.96. The first-order chi connectivity index (χ1) is 12.3. The molecular weight excluding hydrogens is 308 g/mol. The number of likely N-dealkylation sites (tertiary alicyclic amines) is 1. The van der Waals surface area contributed by atoms with Crippen LogP contribution in [0.2, 0.25) is 0 Å². The number of benzene rings is 2. The molecule has 1 fully saturated rings. The van der Waals surface area contributed by atoms with E-state index >= 15 is 0 Å². The molecule has 3 nitrogen and oxygen atoms in total. The number of carbonyl (C=O) groups excluding carboxylic acids is 1. The zero-order chi connectivity index (χ0) is 17.3.